The molecule has 2 heterocycles. The third-order valence-electron chi connectivity index (χ3n) is 4.05. The number of aromatic nitrogens is 4. The first-order valence-electron chi connectivity index (χ1n) is 7.57. The predicted octanol–water partition coefficient (Wildman–Crippen LogP) is 2.58. The summed E-state index contributed by atoms with van der Waals surface area (Å²) in [5.74, 6) is 0.829. The summed E-state index contributed by atoms with van der Waals surface area (Å²) in [6.45, 7) is 2.81. The third-order valence-corrected chi connectivity index (χ3v) is 4.05. The first-order valence-corrected chi connectivity index (χ1v) is 7.57. The largest absolute Gasteiger partial charge is 0.265 e. The van der Waals surface area contributed by atoms with Crippen molar-refractivity contribution in [3.05, 3.63) is 36.9 Å². The van der Waals surface area contributed by atoms with Crippen molar-refractivity contribution < 1.29 is 0 Å². The summed E-state index contributed by atoms with van der Waals surface area (Å²) in [4.78, 5) is 2.44. The Morgan fingerprint density at radius 3 is 2.00 bits per heavy atom. The van der Waals surface area contributed by atoms with Crippen LogP contribution in [0.4, 0.5) is 0 Å². The van der Waals surface area contributed by atoms with E-state index in [9.17, 15) is 0 Å². The Bertz CT molecular complexity index is 434. The molecule has 0 atom stereocenters. The molecular formula is C15H23N5. The van der Waals surface area contributed by atoms with Gasteiger partial charge in [-0.2, -0.15) is 10.2 Å². The van der Waals surface area contributed by atoms with Crippen molar-refractivity contribution in [1.82, 2.24) is 24.5 Å². The molecule has 108 valence electrons. The van der Waals surface area contributed by atoms with Gasteiger partial charge in [-0.05, 0) is 30.9 Å². The normalized spacial score (nSPS) is 16.9. The van der Waals surface area contributed by atoms with Gasteiger partial charge in [0.25, 0.3) is 0 Å². The molecule has 2 aromatic heterocycles. The Labute approximate surface area is 120 Å². The van der Waals surface area contributed by atoms with Gasteiger partial charge in [0, 0.05) is 31.3 Å². The first kappa shape index (κ1) is 13.4. The number of rotatable bonds is 6. The summed E-state index contributed by atoms with van der Waals surface area (Å²) >= 11 is 0. The SMILES string of the molecule is c1cnn(CN(CC2CCCCC2)Cn2cccn2)c1. The molecule has 1 fully saturated rings. The highest BCUT2D eigenvalue weighted by atomic mass is 15.4. The van der Waals surface area contributed by atoms with Gasteiger partial charge in [0.1, 0.15) is 0 Å². The smallest absolute Gasteiger partial charge is 0.0943 e. The van der Waals surface area contributed by atoms with Crippen molar-refractivity contribution in [2.75, 3.05) is 6.54 Å². The summed E-state index contributed by atoms with van der Waals surface area (Å²) in [6, 6.07) is 3.96. The Morgan fingerprint density at radius 2 is 1.50 bits per heavy atom. The van der Waals surface area contributed by atoms with E-state index in [1.165, 1.54) is 32.1 Å². The molecule has 1 aliphatic carbocycles. The van der Waals surface area contributed by atoms with Crippen molar-refractivity contribution in [3.63, 3.8) is 0 Å². The van der Waals surface area contributed by atoms with Crippen LogP contribution in [0.2, 0.25) is 0 Å². The van der Waals surface area contributed by atoms with E-state index in [-0.39, 0.29) is 0 Å². The summed E-state index contributed by atoms with van der Waals surface area (Å²) in [5, 5.41) is 8.65. The Hall–Kier alpha value is -1.62. The molecule has 2 aromatic rings. The molecular weight excluding hydrogens is 250 g/mol. The summed E-state index contributed by atoms with van der Waals surface area (Å²) in [6.07, 6.45) is 14.7. The van der Waals surface area contributed by atoms with Gasteiger partial charge in [-0.3, -0.25) is 14.3 Å². The van der Waals surface area contributed by atoms with Gasteiger partial charge in [0.15, 0.2) is 0 Å². The molecule has 0 saturated heterocycles. The van der Waals surface area contributed by atoms with Crippen LogP contribution in [0.1, 0.15) is 32.1 Å². The molecule has 0 N–H and O–H groups in total. The van der Waals surface area contributed by atoms with Crippen LogP contribution in [0.25, 0.3) is 0 Å². The molecule has 3 rings (SSSR count). The van der Waals surface area contributed by atoms with Crippen LogP contribution in [-0.2, 0) is 13.3 Å². The molecule has 0 bridgehead atoms. The second-order valence-corrected chi connectivity index (χ2v) is 5.73. The Kier molecular flexibility index (Phi) is 4.48. The molecule has 0 aromatic carbocycles. The highest BCUT2D eigenvalue weighted by Crippen LogP contribution is 2.24. The van der Waals surface area contributed by atoms with E-state index >= 15 is 0 Å². The fraction of sp³-hybridized carbons (Fsp3) is 0.600. The highest BCUT2D eigenvalue weighted by Gasteiger charge is 2.18. The van der Waals surface area contributed by atoms with Crippen molar-refractivity contribution in [1.29, 1.82) is 0 Å². The van der Waals surface area contributed by atoms with Crippen LogP contribution >= 0.6 is 0 Å². The fourth-order valence-corrected chi connectivity index (χ4v) is 3.07. The summed E-state index contributed by atoms with van der Waals surface area (Å²) in [7, 11) is 0. The van der Waals surface area contributed by atoms with Crippen molar-refractivity contribution in [3.8, 4) is 0 Å². The van der Waals surface area contributed by atoms with Gasteiger partial charge < -0.3 is 0 Å². The van der Waals surface area contributed by atoms with Crippen LogP contribution in [-0.4, -0.2) is 31.0 Å². The Morgan fingerprint density at radius 1 is 0.900 bits per heavy atom. The van der Waals surface area contributed by atoms with Crippen LogP contribution in [0.5, 0.6) is 0 Å². The molecule has 1 aliphatic rings. The second-order valence-electron chi connectivity index (χ2n) is 5.73. The van der Waals surface area contributed by atoms with E-state index < -0.39 is 0 Å². The monoisotopic (exact) mass is 273 g/mol. The number of hydrogen-bond donors (Lipinski definition) is 0. The number of hydrogen-bond acceptors (Lipinski definition) is 3. The molecule has 0 unspecified atom stereocenters. The van der Waals surface area contributed by atoms with Gasteiger partial charge in [-0.15, -0.1) is 0 Å². The highest BCUT2D eigenvalue weighted by molar-refractivity contribution is 4.80. The minimum atomic E-state index is 0.829. The maximum atomic E-state index is 4.32. The van der Waals surface area contributed by atoms with Gasteiger partial charge in [0.05, 0.1) is 13.3 Å². The van der Waals surface area contributed by atoms with E-state index in [2.05, 4.69) is 15.1 Å². The van der Waals surface area contributed by atoms with Crippen molar-refractivity contribution >= 4 is 0 Å². The topological polar surface area (TPSA) is 38.9 Å². The maximum absolute atomic E-state index is 4.32. The van der Waals surface area contributed by atoms with Crippen molar-refractivity contribution in [2.24, 2.45) is 5.92 Å². The second kappa shape index (κ2) is 6.70. The maximum Gasteiger partial charge on any atom is 0.0943 e. The van der Waals surface area contributed by atoms with Crippen LogP contribution < -0.4 is 0 Å². The molecule has 5 heteroatoms. The third kappa shape index (κ3) is 3.70. The standard InChI is InChI=1S/C15H23N5/c1-2-6-15(7-3-1)12-18(13-19-10-4-8-16-19)14-20-11-5-9-17-20/h4-5,8-11,15H,1-3,6-7,12-14H2. The molecule has 1 saturated carbocycles. The van der Waals surface area contributed by atoms with E-state index in [1.807, 2.05) is 46.3 Å². The molecule has 0 spiro atoms. The van der Waals surface area contributed by atoms with E-state index in [0.717, 1.165) is 25.8 Å². The van der Waals surface area contributed by atoms with Gasteiger partial charge in [-0.1, -0.05) is 19.3 Å². The lowest BCUT2D eigenvalue weighted by molar-refractivity contribution is 0.115. The minimum absolute atomic E-state index is 0.829. The summed E-state index contributed by atoms with van der Waals surface area (Å²) in [5.41, 5.74) is 0. The molecule has 0 radical (unpaired) electrons. The van der Waals surface area contributed by atoms with Gasteiger partial charge >= 0.3 is 0 Å². The van der Waals surface area contributed by atoms with Crippen molar-refractivity contribution in [2.45, 2.75) is 45.4 Å². The fourth-order valence-electron chi connectivity index (χ4n) is 3.07. The quantitative estimate of drug-likeness (QED) is 0.812. The van der Waals surface area contributed by atoms with Crippen LogP contribution in [0.3, 0.4) is 0 Å². The minimum Gasteiger partial charge on any atom is -0.265 e. The van der Waals surface area contributed by atoms with Crippen LogP contribution in [0.15, 0.2) is 36.9 Å². The molecule has 20 heavy (non-hydrogen) atoms. The Balaban J connectivity index is 1.62. The average Bonchev–Trinajstić information content (AvgIpc) is 3.13. The van der Waals surface area contributed by atoms with Gasteiger partial charge in [-0.25, -0.2) is 0 Å². The molecule has 5 nitrogen and oxygen atoms in total. The van der Waals surface area contributed by atoms with Gasteiger partial charge in [0.2, 0.25) is 0 Å². The zero-order chi connectivity index (χ0) is 13.6. The van der Waals surface area contributed by atoms with E-state index in [0.29, 0.717) is 0 Å². The zero-order valence-electron chi connectivity index (χ0n) is 11.9. The summed E-state index contributed by atoms with van der Waals surface area (Å²) < 4.78 is 3.98. The predicted molar refractivity (Wildman–Crippen MR) is 77.7 cm³/mol. The lowest BCUT2D eigenvalue weighted by Gasteiger charge is -2.29. The average molecular weight is 273 g/mol. The van der Waals surface area contributed by atoms with E-state index in [4.69, 9.17) is 0 Å². The lowest BCUT2D eigenvalue weighted by Crippen LogP contribution is -2.34. The lowest BCUT2D eigenvalue weighted by atomic mass is 9.89. The molecule has 0 amide bonds. The zero-order valence-corrected chi connectivity index (χ0v) is 11.9. The first-order chi connectivity index (χ1) is 9.90. The van der Waals surface area contributed by atoms with E-state index in [1.54, 1.807) is 0 Å². The molecule has 0 aliphatic heterocycles. The number of nitrogens with zero attached hydrogens (tertiary/aromatic N) is 5. The van der Waals surface area contributed by atoms with Crippen LogP contribution in [0, 0.1) is 5.92 Å².